The number of hydrogen-bond acceptors (Lipinski definition) is 5. The van der Waals surface area contributed by atoms with Gasteiger partial charge in [-0.1, -0.05) is 0 Å². The number of aromatic nitrogens is 4. The third-order valence-electron chi connectivity index (χ3n) is 5.34. The minimum atomic E-state index is 0.207. The summed E-state index contributed by atoms with van der Waals surface area (Å²) in [5, 5.41) is 13.2. The van der Waals surface area contributed by atoms with Crippen molar-refractivity contribution in [1.82, 2.24) is 20.0 Å². The van der Waals surface area contributed by atoms with Crippen molar-refractivity contribution in [2.24, 2.45) is 0 Å². The minimum absolute atomic E-state index is 0.207. The van der Waals surface area contributed by atoms with E-state index >= 15 is 0 Å². The first-order valence-corrected chi connectivity index (χ1v) is 8.73. The summed E-state index contributed by atoms with van der Waals surface area (Å²) in [5.41, 5.74) is 3.45. The van der Waals surface area contributed by atoms with Crippen molar-refractivity contribution in [3.8, 4) is 0 Å². The van der Waals surface area contributed by atoms with Gasteiger partial charge in [0.15, 0.2) is 5.82 Å². The molecule has 0 radical (unpaired) electrons. The molecule has 2 fully saturated rings. The van der Waals surface area contributed by atoms with Gasteiger partial charge in [0.25, 0.3) is 0 Å². The van der Waals surface area contributed by atoms with Crippen molar-refractivity contribution < 1.29 is 4.79 Å². The quantitative estimate of drug-likeness (QED) is 0.852. The van der Waals surface area contributed by atoms with Crippen LogP contribution in [-0.4, -0.2) is 45.5 Å². The molecule has 1 amide bonds. The predicted molar refractivity (Wildman–Crippen MR) is 89.1 cm³/mol. The second-order valence-electron chi connectivity index (χ2n) is 6.91. The van der Waals surface area contributed by atoms with E-state index in [1.165, 1.54) is 17.7 Å². The number of carbonyl (C=O) groups excluding carboxylic acids is 1. The molecule has 24 heavy (non-hydrogen) atoms. The Balaban J connectivity index is 1.27. The summed E-state index contributed by atoms with van der Waals surface area (Å²) >= 11 is 0. The zero-order chi connectivity index (χ0) is 16.1. The maximum absolute atomic E-state index is 11.8. The first-order chi connectivity index (χ1) is 11.8. The molecule has 7 heteroatoms. The van der Waals surface area contributed by atoms with E-state index in [1.807, 2.05) is 15.8 Å². The molecule has 0 atom stereocenters. The number of hydrogen-bond donors (Lipinski definition) is 0. The van der Waals surface area contributed by atoms with Crippen LogP contribution in [0.25, 0.3) is 0 Å². The highest BCUT2D eigenvalue weighted by Crippen LogP contribution is 2.30. The number of rotatable bonds is 3. The lowest BCUT2D eigenvalue weighted by molar-refractivity contribution is -0.117. The van der Waals surface area contributed by atoms with Gasteiger partial charge in [-0.3, -0.25) is 9.48 Å². The highest BCUT2D eigenvalue weighted by atomic mass is 16.2. The van der Waals surface area contributed by atoms with Gasteiger partial charge in [-0.25, -0.2) is 0 Å². The topological polar surface area (TPSA) is 67.2 Å². The van der Waals surface area contributed by atoms with Crippen molar-refractivity contribution in [3.05, 3.63) is 29.7 Å². The van der Waals surface area contributed by atoms with Crippen LogP contribution in [0.4, 0.5) is 11.5 Å². The fraction of sp³-hybridized carbons (Fsp3) is 0.529. The summed E-state index contributed by atoms with van der Waals surface area (Å²) in [6.07, 6.45) is 8.79. The highest BCUT2D eigenvalue weighted by Gasteiger charge is 2.32. The molecule has 0 aromatic carbocycles. The van der Waals surface area contributed by atoms with Gasteiger partial charge in [0.2, 0.25) is 5.91 Å². The summed E-state index contributed by atoms with van der Waals surface area (Å²) in [6, 6.07) is 2.54. The van der Waals surface area contributed by atoms with Gasteiger partial charge < -0.3 is 9.80 Å². The lowest BCUT2D eigenvalue weighted by atomic mass is 10.1. The maximum Gasteiger partial charge on any atom is 0.227 e. The Morgan fingerprint density at radius 2 is 2.00 bits per heavy atom. The van der Waals surface area contributed by atoms with Crippen LogP contribution < -0.4 is 9.80 Å². The van der Waals surface area contributed by atoms with Crippen LogP contribution in [0.2, 0.25) is 0 Å². The molecular formula is C17H20N6O. The zero-order valence-corrected chi connectivity index (χ0v) is 13.6. The van der Waals surface area contributed by atoms with Gasteiger partial charge in [-0.15, -0.1) is 5.10 Å². The first-order valence-electron chi connectivity index (χ1n) is 8.73. The van der Waals surface area contributed by atoms with Gasteiger partial charge in [0, 0.05) is 32.3 Å². The van der Waals surface area contributed by atoms with E-state index in [0.29, 0.717) is 12.5 Å². The van der Waals surface area contributed by atoms with E-state index in [-0.39, 0.29) is 5.91 Å². The van der Waals surface area contributed by atoms with Gasteiger partial charge in [-0.2, -0.15) is 10.2 Å². The summed E-state index contributed by atoms with van der Waals surface area (Å²) < 4.78 is 1.98. The molecule has 0 spiro atoms. The largest absolute Gasteiger partial charge is 0.351 e. The molecule has 7 nitrogen and oxygen atoms in total. The molecule has 3 aliphatic rings. The third kappa shape index (κ3) is 2.18. The number of fused-ring (bicyclic) bond motifs is 1. The predicted octanol–water partition coefficient (Wildman–Crippen LogP) is 1.35. The van der Waals surface area contributed by atoms with Crippen molar-refractivity contribution >= 4 is 17.4 Å². The number of amides is 1. The van der Waals surface area contributed by atoms with Crippen molar-refractivity contribution in [1.29, 1.82) is 0 Å². The molecule has 0 bridgehead atoms. The molecule has 4 heterocycles. The molecule has 1 aliphatic carbocycles. The summed E-state index contributed by atoms with van der Waals surface area (Å²) in [7, 11) is 0. The fourth-order valence-corrected chi connectivity index (χ4v) is 3.87. The van der Waals surface area contributed by atoms with Gasteiger partial charge >= 0.3 is 0 Å². The smallest absolute Gasteiger partial charge is 0.227 e. The normalized spacial score (nSPS) is 20.6. The number of aryl methyl sites for hydroxylation is 2. The third-order valence-corrected chi connectivity index (χ3v) is 5.34. The van der Waals surface area contributed by atoms with Gasteiger partial charge in [-0.05, 0) is 37.3 Å². The lowest BCUT2D eigenvalue weighted by Crippen LogP contribution is -2.48. The molecule has 5 rings (SSSR count). The fourth-order valence-electron chi connectivity index (χ4n) is 3.87. The second-order valence-corrected chi connectivity index (χ2v) is 6.91. The number of anilines is 2. The van der Waals surface area contributed by atoms with E-state index in [2.05, 4.69) is 26.3 Å². The van der Waals surface area contributed by atoms with Crippen LogP contribution >= 0.6 is 0 Å². The van der Waals surface area contributed by atoms with Crippen molar-refractivity contribution in [2.45, 2.75) is 38.1 Å². The number of carbonyl (C=O) groups is 1. The van der Waals surface area contributed by atoms with Crippen LogP contribution in [0.5, 0.6) is 0 Å². The Labute approximate surface area is 140 Å². The van der Waals surface area contributed by atoms with Crippen LogP contribution in [0.3, 0.4) is 0 Å². The maximum atomic E-state index is 11.8. The monoisotopic (exact) mass is 324 g/mol. The molecule has 124 valence electrons. The van der Waals surface area contributed by atoms with Crippen LogP contribution in [0.15, 0.2) is 18.5 Å². The molecule has 0 saturated carbocycles. The Morgan fingerprint density at radius 3 is 2.83 bits per heavy atom. The van der Waals surface area contributed by atoms with Gasteiger partial charge in [0.1, 0.15) is 0 Å². The molecular weight excluding hydrogens is 304 g/mol. The Hall–Kier alpha value is -2.44. The standard InChI is InChI=1S/C17H20N6O/c24-17-5-2-6-22(17)13-8-18-23(11-13)14-9-21(10-14)16-7-12-3-1-4-15(12)19-20-16/h7-8,11,14H,1-6,9-10H2. The number of nitrogens with zero attached hydrogens (tertiary/aromatic N) is 6. The Morgan fingerprint density at radius 1 is 1.08 bits per heavy atom. The Bertz CT molecular complexity index is 794. The van der Waals surface area contributed by atoms with Gasteiger partial charge in [0.05, 0.1) is 23.6 Å². The molecule has 0 N–H and O–H groups in total. The minimum Gasteiger partial charge on any atom is -0.351 e. The van der Waals surface area contributed by atoms with Crippen molar-refractivity contribution in [2.75, 3.05) is 29.4 Å². The molecule has 0 unspecified atom stereocenters. The van der Waals surface area contributed by atoms with E-state index < -0.39 is 0 Å². The average molecular weight is 324 g/mol. The molecule has 2 saturated heterocycles. The summed E-state index contributed by atoms with van der Waals surface area (Å²) in [5.74, 6) is 1.19. The first kappa shape index (κ1) is 13.9. The second kappa shape index (κ2) is 5.29. The van der Waals surface area contributed by atoms with Crippen molar-refractivity contribution in [3.63, 3.8) is 0 Å². The van der Waals surface area contributed by atoms with E-state index in [4.69, 9.17) is 0 Å². The molecule has 2 aromatic heterocycles. The van der Waals surface area contributed by atoms with Crippen LogP contribution in [-0.2, 0) is 17.6 Å². The summed E-state index contributed by atoms with van der Waals surface area (Å²) in [6.45, 7) is 2.59. The molecule has 2 aromatic rings. The van der Waals surface area contributed by atoms with Crippen LogP contribution in [0.1, 0.15) is 36.6 Å². The summed E-state index contributed by atoms with van der Waals surface area (Å²) in [4.78, 5) is 15.9. The lowest BCUT2D eigenvalue weighted by Gasteiger charge is -2.39. The van der Waals surface area contributed by atoms with Crippen LogP contribution in [0, 0.1) is 0 Å². The van der Waals surface area contributed by atoms with E-state index in [9.17, 15) is 4.79 Å². The average Bonchev–Trinajstić information content (AvgIpc) is 3.25. The van der Waals surface area contributed by atoms with E-state index in [1.54, 1.807) is 6.20 Å². The molecule has 2 aliphatic heterocycles. The van der Waals surface area contributed by atoms with E-state index in [0.717, 1.165) is 50.4 Å². The Kier molecular flexibility index (Phi) is 3.08. The SMILES string of the molecule is O=C1CCCN1c1cnn(C2CN(c3cc4c(nn3)CCC4)C2)c1. The highest BCUT2D eigenvalue weighted by molar-refractivity contribution is 5.95. The zero-order valence-electron chi connectivity index (χ0n) is 13.6.